The van der Waals surface area contributed by atoms with Gasteiger partial charge in [0.25, 0.3) is 5.56 Å². The first-order valence-electron chi connectivity index (χ1n) is 13.4. The number of nitriles is 1. The molecule has 1 aliphatic carbocycles. The molecule has 0 N–H and O–H groups in total. The Morgan fingerprint density at radius 3 is 2.56 bits per heavy atom. The fourth-order valence-corrected chi connectivity index (χ4v) is 6.78. The normalized spacial score (nSPS) is 18.2. The molecule has 0 atom stereocenters. The van der Waals surface area contributed by atoms with E-state index in [1.54, 1.807) is 12.1 Å². The second-order valence-corrected chi connectivity index (χ2v) is 12.0. The zero-order valence-corrected chi connectivity index (χ0v) is 22.5. The number of thiazole rings is 1. The van der Waals surface area contributed by atoms with Gasteiger partial charge >= 0.3 is 0 Å². The van der Waals surface area contributed by atoms with Gasteiger partial charge in [-0.1, -0.05) is 11.3 Å². The highest BCUT2D eigenvalue weighted by Crippen LogP contribution is 2.44. The predicted octanol–water partition coefficient (Wildman–Crippen LogP) is 5.86. The molecular formula is C30H28FN5O2S. The fourth-order valence-electron chi connectivity index (χ4n) is 5.92. The number of benzene rings is 2. The van der Waals surface area contributed by atoms with Crippen LogP contribution in [0.2, 0.25) is 0 Å². The fraction of sp³-hybridized carbons (Fsp3) is 0.367. The molecule has 198 valence electrons. The number of rotatable bonds is 5. The molecule has 7 nitrogen and oxygen atoms in total. The van der Waals surface area contributed by atoms with Crippen molar-refractivity contribution in [3.8, 4) is 17.3 Å². The van der Waals surface area contributed by atoms with Gasteiger partial charge in [-0.15, -0.1) is 0 Å². The van der Waals surface area contributed by atoms with Crippen molar-refractivity contribution < 1.29 is 9.13 Å². The molecule has 1 spiro atoms. The van der Waals surface area contributed by atoms with Crippen LogP contribution in [0.25, 0.3) is 22.0 Å². The number of anilines is 3. The first-order chi connectivity index (χ1) is 18.9. The van der Waals surface area contributed by atoms with Gasteiger partial charge in [-0.3, -0.25) is 4.79 Å². The van der Waals surface area contributed by atoms with Crippen molar-refractivity contribution in [3.05, 3.63) is 69.7 Å². The number of hydrogen-bond donors (Lipinski definition) is 0. The second kappa shape index (κ2) is 9.18. The SMILES string of the molecule is CN(c1nc(-c2ccc(F)cc2)c(C#N)s1)c1cn(C2CC2)c(=O)c2ccc(N3CC4(CCOCC4)C3)cc12. The van der Waals surface area contributed by atoms with Crippen molar-refractivity contribution in [2.24, 2.45) is 5.41 Å². The van der Waals surface area contributed by atoms with Gasteiger partial charge in [-0.25, -0.2) is 9.37 Å². The Labute approximate surface area is 229 Å². The molecule has 3 fully saturated rings. The Kier molecular flexibility index (Phi) is 5.72. The predicted molar refractivity (Wildman–Crippen MR) is 151 cm³/mol. The zero-order valence-electron chi connectivity index (χ0n) is 21.7. The first-order valence-corrected chi connectivity index (χ1v) is 14.2. The zero-order chi connectivity index (χ0) is 26.7. The standard InChI is InChI=1S/C30H28FN5O2S/c1-34(29-33-27(26(15-32)39-29)19-2-4-20(31)5-3-19)25-16-36(21-6-7-21)28(37)23-9-8-22(14-24(23)25)35-17-30(18-35)10-12-38-13-11-30/h2-5,8-9,14,16,21H,6-7,10-13,17-18H2,1H3. The molecule has 39 heavy (non-hydrogen) atoms. The van der Waals surface area contributed by atoms with Crippen LogP contribution >= 0.6 is 11.3 Å². The summed E-state index contributed by atoms with van der Waals surface area (Å²) < 4.78 is 21.0. The van der Waals surface area contributed by atoms with Gasteiger partial charge in [-0.2, -0.15) is 5.26 Å². The maximum absolute atomic E-state index is 13.5. The van der Waals surface area contributed by atoms with Gasteiger partial charge in [0.15, 0.2) is 5.13 Å². The number of fused-ring (bicyclic) bond motifs is 1. The molecule has 0 amide bonds. The molecule has 3 aliphatic rings. The number of halogens is 1. The molecule has 2 aromatic carbocycles. The van der Waals surface area contributed by atoms with Crippen LogP contribution in [-0.4, -0.2) is 42.9 Å². The molecule has 9 heteroatoms. The molecule has 2 saturated heterocycles. The Bertz CT molecular complexity index is 1670. The molecule has 4 aromatic rings. The smallest absolute Gasteiger partial charge is 0.258 e. The van der Waals surface area contributed by atoms with E-state index in [-0.39, 0.29) is 17.4 Å². The lowest BCUT2D eigenvalue weighted by Gasteiger charge is -2.53. The van der Waals surface area contributed by atoms with Crippen molar-refractivity contribution in [2.75, 3.05) is 43.2 Å². The van der Waals surface area contributed by atoms with Crippen molar-refractivity contribution in [1.82, 2.24) is 9.55 Å². The minimum Gasteiger partial charge on any atom is -0.381 e. The van der Waals surface area contributed by atoms with Crippen molar-refractivity contribution >= 4 is 38.6 Å². The van der Waals surface area contributed by atoms with Gasteiger partial charge in [-0.05, 0) is 68.1 Å². The van der Waals surface area contributed by atoms with Crippen LogP contribution in [0.5, 0.6) is 0 Å². The van der Waals surface area contributed by atoms with E-state index in [4.69, 9.17) is 9.72 Å². The topological polar surface area (TPSA) is 74.4 Å². The lowest BCUT2D eigenvalue weighted by Crippen LogP contribution is -2.58. The average molecular weight is 542 g/mol. The molecule has 0 radical (unpaired) electrons. The summed E-state index contributed by atoms with van der Waals surface area (Å²) in [5.41, 5.74) is 3.59. The summed E-state index contributed by atoms with van der Waals surface area (Å²) in [6, 6.07) is 14.7. The summed E-state index contributed by atoms with van der Waals surface area (Å²) in [6.07, 6.45) is 6.14. The largest absolute Gasteiger partial charge is 0.381 e. The monoisotopic (exact) mass is 541 g/mol. The van der Waals surface area contributed by atoms with Crippen LogP contribution in [0.1, 0.15) is 36.6 Å². The van der Waals surface area contributed by atoms with Crippen molar-refractivity contribution in [1.29, 1.82) is 5.26 Å². The third-order valence-corrected chi connectivity index (χ3v) is 9.44. The van der Waals surface area contributed by atoms with E-state index in [1.165, 1.54) is 23.5 Å². The summed E-state index contributed by atoms with van der Waals surface area (Å²) >= 11 is 1.30. The lowest BCUT2D eigenvalue weighted by atomic mass is 9.73. The molecule has 0 unspecified atom stereocenters. The third-order valence-electron chi connectivity index (χ3n) is 8.40. The van der Waals surface area contributed by atoms with E-state index in [9.17, 15) is 14.4 Å². The Hall–Kier alpha value is -3.74. The minimum atomic E-state index is -0.334. The van der Waals surface area contributed by atoms with Crippen LogP contribution < -0.4 is 15.4 Å². The Morgan fingerprint density at radius 1 is 1.13 bits per heavy atom. The van der Waals surface area contributed by atoms with E-state index < -0.39 is 0 Å². The number of hydrogen-bond acceptors (Lipinski definition) is 7. The number of nitrogens with zero attached hydrogens (tertiary/aromatic N) is 5. The summed E-state index contributed by atoms with van der Waals surface area (Å²) in [4.78, 5) is 23.1. The summed E-state index contributed by atoms with van der Waals surface area (Å²) in [5, 5.41) is 12.0. The Balaban J connectivity index is 1.30. The molecule has 7 rings (SSSR count). The van der Waals surface area contributed by atoms with Gasteiger partial charge in [0.2, 0.25) is 0 Å². The third kappa shape index (κ3) is 4.19. The number of ether oxygens (including phenoxy) is 1. The van der Waals surface area contributed by atoms with Crippen LogP contribution in [0.15, 0.2) is 53.5 Å². The molecule has 0 bridgehead atoms. The highest BCUT2D eigenvalue weighted by atomic mass is 32.1. The first kappa shape index (κ1) is 24.3. The van der Waals surface area contributed by atoms with Crippen LogP contribution in [0, 0.1) is 22.6 Å². The maximum atomic E-state index is 13.5. The lowest BCUT2D eigenvalue weighted by molar-refractivity contribution is -0.000183. The van der Waals surface area contributed by atoms with Gasteiger partial charge in [0, 0.05) is 73.0 Å². The summed E-state index contributed by atoms with van der Waals surface area (Å²) in [7, 11) is 1.93. The molecule has 4 heterocycles. The number of aromatic nitrogens is 2. The highest BCUT2D eigenvalue weighted by Gasteiger charge is 2.44. The molecule has 2 aliphatic heterocycles. The van der Waals surface area contributed by atoms with E-state index in [0.717, 1.165) is 68.7 Å². The van der Waals surface area contributed by atoms with E-state index >= 15 is 0 Å². The van der Waals surface area contributed by atoms with Crippen molar-refractivity contribution in [2.45, 2.75) is 31.7 Å². The summed E-state index contributed by atoms with van der Waals surface area (Å²) in [6.45, 7) is 3.68. The minimum absolute atomic E-state index is 0.0320. The maximum Gasteiger partial charge on any atom is 0.258 e. The molecule has 1 saturated carbocycles. The van der Waals surface area contributed by atoms with Gasteiger partial charge < -0.3 is 19.1 Å². The van der Waals surface area contributed by atoms with E-state index in [2.05, 4.69) is 23.1 Å². The van der Waals surface area contributed by atoms with Crippen LogP contribution in [0.3, 0.4) is 0 Å². The number of pyridine rings is 1. The van der Waals surface area contributed by atoms with E-state index in [1.807, 2.05) is 28.8 Å². The van der Waals surface area contributed by atoms with Gasteiger partial charge in [0.05, 0.1) is 5.69 Å². The molecule has 2 aromatic heterocycles. The average Bonchev–Trinajstić information content (AvgIpc) is 3.70. The van der Waals surface area contributed by atoms with E-state index in [0.29, 0.717) is 32.1 Å². The Morgan fingerprint density at radius 2 is 1.87 bits per heavy atom. The van der Waals surface area contributed by atoms with Crippen LogP contribution in [-0.2, 0) is 4.74 Å². The highest BCUT2D eigenvalue weighted by molar-refractivity contribution is 7.16. The van der Waals surface area contributed by atoms with Crippen molar-refractivity contribution in [3.63, 3.8) is 0 Å². The summed E-state index contributed by atoms with van der Waals surface area (Å²) in [5.74, 6) is -0.334. The van der Waals surface area contributed by atoms with Crippen LogP contribution in [0.4, 0.5) is 20.9 Å². The quantitative estimate of drug-likeness (QED) is 0.315. The molecular weight excluding hydrogens is 513 g/mol. The second-order valence-electron chi connectivity index (χ2n) is 11.0. The van der Waals surface area contributed by atoms with Gasteiger partial charge in [0.1, 0.15) is 22.5 Å².